The summed E-state index contributed by atoms with van der Waals surface area (Å²) in [4.78, 5) is 12.2. The number of ketones is 1. The molecular formula is C17H15F3O. The Morgan fingerprint density at radius 2 is 1.62 bits per heavy atom. The summed E-state index contributed by atoms with van der Waals surface area (Å²) in [5.41, 5.74) is 2.43. The van der Waals surface area contributed by atoms with Crippen molar-refractivity contribution >= 4 is 5.78 Å². The summed E-state index contributed by atoms with van der Waals surface area (Å²) in [5.74, 6) is -0.0905. The summed E-state index contributed by atoms with van der Waals surface area (Å²) < 4.78 is 37.4. The number of benzene rings is 2. The van der Waals surface area contributed by atoms with E-state index in [4.69, 9.17) is 0 Å². The Kier molecular flexibility index (Phi) is 4.16. The molecule has 0 atom stereocenters. The van der Waals surface area contributed by atoms with E-state index in [0.29, 0.717) is 11.1 Å². The number of carbonyl (C=O) groups excluding carboxylic acids is 1. The van der Waals surface area contributed by atoms with E-state index in [0.717, 1.165) is 23.3 Å². The van der Waals surface area contributed by atoms with Crippen molar-refractivity contribution in [1.82, 2.24) is 0 Å². The molecule has 0 heterocycles. The molecule has 2 aromatic carbocycles. The average molecular weight is 292 g/mol. The molecule has 0 saturated carbocycles. The van der Waals surface area contributed by atoms with Gasteiger partial charge in [0, 0.05) is 12.0 Å². The van der Waals surface area contributed by atoms with Crippen molar-refractivity contribution in [3.05, 3.63) is 70.3 Å². The Morgan fingerprint density at radius 1 is 1.00 bits per heavy atom. The van der Waals surface area contributed by atoms with E-state index in [9.17, 15) is 18.0 Å². The minimum Gasteiger partial charge on any atom is -0.294 e. The van der Waals surface area contributed by atoms with Gasteiger partial charge in [0.15, 0.2) is 5.78 Å². The highest BCUT2D eigenvalue weighted by molar-refractivity contribution is 5.98. The van der Waals surface area contributed by atoms with Crippen LogP contribution in [0.5, 0.6) is 0 Å². The zero-order valence-corrected chi connectivity index (χ0v) is 11.8. The Bertz CT molecular complexity index is 655. The van der Waals surface area contributed by atoms with Gasteiger partial charge in [-0.15, -0.1) is 0 Å². The van der Waals surface area contributed by atoms with Crippen molar-refractivity contribution in [2.75, 3.05) is 0 Å². The second-order valence-corrected chi connectivity index (χ2v) is 5.11. The van der Waals surface area contributed by atoms with Crippen LogP contribution in [0.3, 0.4) is 0 Å². The van der Waals surface area contributed by atoms with E-state index in [2.05, 4.69) is 0 Å². The van der Waals surface area contributed by atoms with Gasteiger partial charge in [0.1, 0.15) is 0 Å². The van der Waals surface area contributed by atoms with Gasteiger partial charge in [-0.3, -0.25) is 4.79 Å². The maximum Gasteiger partial charge on any atom is 0.416 e. The maximum absolute atomic E-state index is 12.5. The van der Waals surface area contributed by atoms with E-state index in [1.165, 1.54) is 12.1 Å². The number of Topliss-reactive ketones (excluding diaryl/α,β-unsaturated/α-hetero) is 1. The van der Waals surface area contributed by atoms with Crippen LogP contribution in [-0.4, -0.2) is 5.78 Å². The van der Waals surface area contributed by atoms with Crippen molar-refractivity contribution in [2.45, 2.75) is 26.4 Å². The smallest absolute Gasteiger partial charge is 0.294 e. The van der Waals surface area contributed by atoms with Crippen LogP contribution in [0, 0.1) is 13.8 Å². The molecule has 0 spiro atoms. The van der Waals surface area contributed by atoms with Gasteiger partial charge in [-0.25, -0.2) is 0 Å². The molecular weight excluding hydrogens is 277 g/mol. The van der Waals surface area contributed by atoms with Crippen molar-refractivity contribution in [3.8, 4) is 0 Å². The summed E-state index contributed by atoms with van der Waals surface area (Å²) in [5, 5.41) is 0. The topological polar surface area (TPSA) is 17.1 Å². The first-order valence-electron chi connectivity index (χ1n) is 6.54. The monoisotopic (exact) mass is 292 g/mol. The number of halogens is 3. The van der Waals surface area contributed by atoms with Gasteiger partial charge in [0.25, 0.3) is 0 Å². The molecule has 1 nitrogen and oxygen atoms in total. The first-order chi connectivity index (χ1) is 9.77. The molecule has 0 saturated heterocycles. The van der Waals surface area contributed by atoms with Gasteiger partial charge in [0.05, 0.1) is 5.56 Å². The lowest BCUT2D eigenvalue weighted by Gasteiger charge is -2.08. The van der Waals surface area contributed by atoms with Gasteiger partial charge in [-0.2, -0.15) is 13.2 Å². The second kappa shape index (κ2) is 5.72. The number of aryl methyl sites for hydroxylation is 2. The van der Waals surface area contributed by atoms with Crippen LogP contribution < -0.4 is 0 Å². The third-order valence-corrected chi connectivity index (χ3v) is 3.33. The number of hydrogen-bond donors (Lipinski definition) is 0. The largest absolute Gasteiger partial charge is 0.416 e. The second-order valence-electron chi connectivity index (χ2n) is 5.11. The van der Waals surface area contributed by atoms with E-state index in [1.807, 2.05) is 26.0 Å². The Hall–Kier alpha value is -2.10. The third kappa shape index (κ3) is 3.72. The van der Waals surface area contributed by atoms with Crippen LogP contribution >= 0.6 is 0 Å². The average Bonchev–Trinajstić information content (AvgIpc) is 2.38. The molecule has 0 aliphatic carbocycles. The van der Waals surface area contributed by atoms with E-state index < -0.39 is 11.7 Å². The molecule has 21 heavy (non-hydrogen) atoms. The van der Waals surface area contributed by atoms with Crippen LogP contribution in [0.1, 0.15) is 32.6 Å². The minimum absolute atomic E-state index is 0.0905. The quantitative estimate of drug-likeness (QED) is 0.746. The highest BCUT2D eigenvalue weighted by Gasteiger charge is 2.29. The van der Waals surface area contributed by atoms with Crippen molar-refractivity contribution < 1.29 is 18.0 Å². The van der Waals surface area contributed by atoms with Crippen LogP contribution in [0.4, 0.5) is 13.2 Å². The van der Waals surface area contributed by atoms with E-state index >= 15 is 0 Å². The molecule has 0 aliphatic rings. The summed E-state index contributed by atoms with van der Waals surface area (Å²) in [6.45, 7) is 3.80. The number of carbonyl (C=O) groups is 1. The van der Waals surface area contributed by atoms with Crippen LogP contribution in [-0.2, 0) is 12.6 Å². The minimum atomic E-state index is -4.35. The van der Waals surface area contributed by atoms with Gasteiger partial charge < -0.3 is 0 Å². The normalized spacial score (nSPS) is 11.5. The van der Waals surface area contributed by atoms with Crippen LogP contribution in [0.15, 0.2) is 42.5 Å². The number of alkyl halides is 3. The van der Waals surface area contributed by atoms with Crippen LogP contribution in [0.25, 0.3) is 0 Å². The zero-order valence-electron chi connectivity index (χ0n) is 11.8. The first-order valence-corrected chi connectivity index (χ1v) is 6.54. The molecule has 0 aliphatic heterocycles. The molecule has 0 fully saturated rings. The summed E-state index contributed by atoms with van der Waals surface area (Å²) >= 11 is 0. The molecule has 0 N–H and O–H groups in total. The maximum atomic E-state index is 12.5. The molecule has 2 aromatic rings. The van der Waals surface area contributed by atoms with Crippen LogP contribution in [0.2, 0.25) is 0 Å². The van der Waals surface area contributed by atoms with Crippen molar-refractivity contribution in [3.63, 3.8) is 0 Å². The molecule has 2 rings (SSSR count). The predicted octanol–water partition coefficient (Wildman–Crippen LogP) is 4.75. The van der Waals surface area contributed by atoms with E-state index in [-0.39, 0.29) is 12.2 Å². The summed E-state index contributed by atoms with van der Waals surface area (Å²) in [6.07, 6.45) is -4.25. The standard InChI is InChI=1S/C17H15F3O/c1-11-3-8-15(12(2)9-11)16(21)10-13-4-6-14(7-5-13)17(18,19)20/h3-9H,10H2,1-2H3. The molecule has 0 aromatic heterocycles. The van der Waals surface area contributed by atoms with Crippen molar-refractivity contribution in [1.29, 1.82) is 0 Å². The highest BCUT2D eigenvalue weighted by Crippen LogP contribution is 2.29. The molecule has 110 valence electrons. The lowest BCUT2D eigenvalue weighted by Crippen LogP contribution is -2.07. The molecule has 0 radical (unpaired) electrons. The lowest BCUT2D eigenvalue weighted by atomic mass is 9.97. The van der Waals surface area contributed by atoms with Gasteiger partial charge in [-0.05, 0) is 37.1 Å². The van der Waals surface area contributed by atoms with Gasteiger partial charge in [-0.1, -0.05) is 35.9 Å². The highest BCUT2D eigenvalue weighted by atomic mass is 19.4. The van der Waals surface area contributed by atoms with Gasteiger partial charge >= 0.3 is 6.18 Å². The van der Waals surface area contributed by atoms with Crippen molar-refractivity contribution in [2.24, 2.45) is 0 Å². The number of rotatable bonds is 3. The Balaban J connectivity index is 2.16. The Labute approximate surface area is 121 Å². The SMILES string of the molecule is Cc1ccc(C(=O)Cc2ccc(C(F)(F)F)cc2)c(C)c1. The summed E-state index contributed by atoms with van der Waals surface area (Å²) in [6, 6.07) is 10.2. The number of hydrogen-bond acceptors (Lipinski definition) is 1. The van der Waals surface area contributed by atoms with Gasteiger partial charge in [0.2, 0.25) is 0 Å². The fraction of sp³-hybridized carbons (Fsp3) is 0.235. The fourth-order valence-corrected chi connectivity index (χ4v) is 2.22. The molecule has 0 amide bonds. The summed E-state index contributed by atoms with van der Waals surface area (Å²) in [7, 11) is 0. The molecule has 4 heteroatoms. The molecule has 0 bridgehead atoms. The first kappa shape index (κ1) is 15.3. The third-order valence-electron chi connectivity index (χ3n) is 3.33. The molecule has 0 unspecified atom stereocenters. The Morgan fingerprint density at radius 3 is 2.14 bits per heavy atom. The predicted molar refractivity (Wildman–Crippen MR) is 75.4 cm³/mol. The fourth-order valence-electron chi connectivity index (χ4n) is 2.22. The van der Waals surface area contributed by atoms with E-state index in [1.54, 1.807) is 6.07 Å². The zero-order chi connectivity index (χ0) is 15.6. The lowest BCUT2D eigenvalue weighted by molar-refractivity contribution is -0.137.